The number of rotatable bonds is 4. The van der Waals surface area contributed by atoms with Crippen LogP contribution >= 0.6 is 0 Å². The lowest BCUT2D eigenvalue weighted by atomic mass is 10.6. The SMILES string of the molecule is [CH2]C(=O)O[Si](CC)(CC)C(C)C. The average molecular weight is 187 g/mol. The lowest BCUT2D eigenvalue weighted by molar-refractivity contribution is -0.130. The van der Waals surface area contributed by atoms with Gasteiger partial charge in [-0.05, 0) is 17.6 Å². The fraction of sp³-hybridized carbons (Fsp3) is 0.778. The van der Waals surface area contributed by atoms with E-state index in [1.54, 1.807) is 0 Å². The van der Waals surface area contributed by atoms with Gasteiger partial charge >= 0.3 is 0 Å². The lowest BCUT2D eigenvalue weighted by Gasteiger charge is -2.31. The molecular formula is C9H19O2Si. The van der Waals surface area contributed by atoms with Gasteiger partial charge in [0, 0.05) is 0 Å². The van der Waals surface area contributed by atoms with E-state index in [0.29, 0.717) is 5.54 Å². The summed E-state index contributed by atoms with van der Waals surface area (Å²) in [4.78, 5) is 10.8. The van der Waals surface area contributed by atoms with E-state index in [-0.39, 0.29) is 5.97 Å². The molecule has 71 valence electrons. The average Bonchev–Trinajstić information content (AvgIpc) is 1.99. The van der Waals surface area contributed by atoms with Gasteiger partial charge in [0.1, 0.15) is 0 Å². The van der Waals surface area contributed by atoms with Gasteiger partial charge in [-0.25, -0.2) is 0 Å². The van der Waals surface area contributed by atoms with Crippen molar-refractivity contribution < 1.29 is 9.22 Å². The summed E-state index contributed by atoms with van der Waals surface area (Å²) in [6.45, 7) is 11.7. The molecule has 0 bridgehead atoms. The first-order valence-electron chi connectivity index (χ1n) is 4.53. The molecule has 0 aromatic heterocycles. The number of carbonyl (C=O) groups is 1. The summed E-state index contributed by atoms with van der Waals surface area (Å²) in [5, 5.41) is 0. The summed E-state index contributed by atoms with van der Waals surface area (Å²) in [5.74, 6) is -0.362. The van der Waals surface area contributed by atoms with Crippen LogP contribution in [0.1, 0.15) is 27.7 Å². The summed E-state index contributed by atoms with van der Waals surface area (Å²) in [6, 6.07) is 1.98. The number of carbonyl (C=O) groups excluding carboxylic acids is 1. The van der Waals surface area contributed by atoms with Crippen LogP contribution in [0.25, 0.3) is 0 Å². The van der Waals surface area contributed by atoms with Crippen LogP contribution in [0.3, 0.4) is 0 Å². The Morgan fingerprint density at radius 2 is 1.83 bits per heavy atom. The molecule has 0 atom stereocenters. The first kappa shape index (κ1) is 11.7. The van der Waals surface area contributed by atoms with E-state index in [9.17, 15) is 4.79 Å². The van der Waals surface area contributed by atoms with Gasteiger partial charge in [-0.2, -0.15) is 0 Å². The molecule has 0 amide bonds. The van der Waals surface area contributed by atoms with Crippen LogP contribution in [-0.4, -0.2) is 14.3 Å². The molecule has 0 unspecified atom stereocenters. The molecule has 0 aliphatic carbocycles. The second kappa shape index (κ2) is 4.65. The molecular weight excluding hydrogens is 168 g/mol. The first-order valence-corrected chi connectivity index (χ1v) is 6.93. The highest BCUT2D eigenvalue weighted by Crippen LogP contribution is 2.29. The Balaban J connectivity index is 4.46. The molecule has 1 radical (unpaired) electrons. The summed E-state index contributed by atoms with van der Waals surface area (Å²) < 4.78 is 5.39. The van der Waals surface area contributed by atoms with Gasteiger partial charge in [-0.3, -0.25) is 4.79 Å². The Bertz CT molecular complexity index is 151. The summed E-state index contributed by atoms with van der Waals surface area (Å²) in [6.07, 6.45) is 0. The van der Waals surface area contributed by atoms with Crippen LogP contribution in [0.2, 0.25) is 17.6 Å². The zero-order valence-electron chi connectivity index (χ0n) is 8.52. The minimum absolute atomic E-state index is 0.362. The van der Waals surface area contributed by atoms with Crippen molar-refractivity contribution in [3.8, 4) is 0 Å². The highest BCUT2D eigenvalue weighted by molar-refractivity contribution is 6.76. The van der Waals surface area contributed by atoms with E-state index in [1.165, 1.54) is 0 Å². The zero-order chi connectivity index (χ0) is 9.78. The van der Waals surface area contributed by atoms with E-state index >= 15 is 0 Å². The smallest absolute Gasteiger partial charge is 0.293 e. The van der Waals surface area contributed by atoms with E-state index in [2.05, 4.69) is 34.6 Å². The lowest BCUT2D eigenvalue weighted by Crippen LogP contribution is -2.41. The maximum absolute atomic E-state index is 10.8. The molecule has 0 spiro atoms. The molecule has 2 nitrogen and oxygen atoms in total. The second-order valence-electron chi connectivity index (χ2n) is 3.40. The molecule has 12 heavy (non-hydrogen) atoms. The predicted molar refractivity (Wildman–Crippen MR) is 53.3 cm³/mol. The quantitative estimate of drug-likeness (QED) is 0.633. The van der Waals surface area contributed by atoms with Crippen molar-refractivity contribution in [3.63, 3.8) is 0 Å². The molecule has 0 heterocycles. The number of hydrogen-bond acceptors (Lipinski definition) is 2. The molecule has 0 fully saturated rings. The molecule has 0 saturated carbocycles. The van der Waals surface area contributed by atoms with Gasteiger partial charge in [0.25, 0.3) is 14.3 Å². The van der Waals surface area contributed by atoms with Crippen LogP contribution in [0.15, 0.2) is 0 Å². The molecule has 3 heteroatoms. The van der Waals surface area contributed by atoms with E-state index in [0.717, 1.165) is 12.1 Å². The van der Waals surface area contributed by atoms with Crippen molar-refractivity contribution in [3.05, 3.63) is 6.92 Å². The van der Waals surface area contributed by atoms with Crippen LogP contribution < -0.4 is 0 Å². The third kappa shape index (κ3) is 2.63. The Hall–Kier alpha value is -0.313. The van der Waals surface area contributed by atoms with Crippen LogP contribution in [0, 0.1) is 6.92 Å². The molecule has 0 aliphatic heterocycles. The maximum atomic E-state index is 10.8. The van der Waals surface area contributed by atoms with Gasteiger partial charge in [0.05, 0.1) is 6.92 Å². The topological polar surface area (TPSA) is 26.3 Å². The zero-order valence-corrected chi connectivity index (χ0v) is 9.52. The minimum atomic E-state index is -1.80. The molecule has 0 rings (SSSR count). The van der Waals surface area contributed by atoms with Gasteiger partial charge in [0.15, 0.2) is 0 Å². The monoisotopic (exact) mass is 187 g/mol. The fourth-order valence-corrected chi connectivity index (χ4v) is 4.67. The maximum Gasteiger partial charge on any atom is 0.293 e. The van der Waals surface area contributed by atoms with Crippen molar-refractivity contribution in [1.29, 1.82) is 0 Å². The van der Waals surface area contributed by atoms with E-state index in [1.807, 2.05) is 0 Å². The summed E-state index contributed by atoms with van der Waals surface area (Å²) in [7, 11) is -1.80. The van der Waals surface area contributed by atoms with Crippen LogP contribution in [-0.2, 0) is 9.22 Å². The van der Waals surface area contributed by atoms with E-state index in [4.69, 9.17) is 4.43 Å². The van der Waals surface area contributed by atoms with Crippen molar-refractivity contribution in [2.45, 2.75) is 45.3 Å². The minimum Gasteiger partial charge on any atom is -0.519 e. The largest absolute Gasteiger partial charge is 0.519 e. The normalized spacial score (nSPS) is 11.8. The highest BCUT2D eigenvalue weighted by Gasteiger charge is 2.37. The van der Waals surface area contributed by atoms with Crippen LogP contribution in [0.5, 0.6) is 0 Å². The first-order chi connectivity index (χ1) is 5.48. The Morgan fingerprint density at radius 1 is 1.42 bits per heavy atom. The summed E-state index contributed by atoms with van der Waals surface area (Å²) >= 11 is 0. The van der Waals surface area contributed by atoms with E-state index < -0.39 is 8.32 Å². The van der Waals surface area contributed by atoms with Crippen molar-refractivity contribution in [1.82, 2.24) is 0 Å². The molecule has 0 aliphatic rings. The highest BCUT2D eigenvalue weighted by atomic mass is 28.4. The predicted octanol–water partition coefficient (Wildman–Crippen LogP) is 2.76. The van der Waals surface area contributed by atoms with Crippen molar-refractivity contribution in [2.75, 3.05) is 0 Å². The summed E-state index contributed by atoms with van der Waals surface area (Å²) in [5.41, 5.74) is 0.484. The number of hydrogen-bond donors (Lipinski definition) is 0. The van der Waals surface area contributed by atoms with Gasteiger partial charge in [-0.1, -0.05) is 27.7 Å². The van der Waals surface area contributed by atoms with Crippen LogP contribution in [0.4, 0.5) is 0 Å². The molecule has 0 saturated heterocycles. The molecule has 0 N–H and O–H groups in total. The standard InChI is InChI=1S/C9H19O2Si/c1-6-12(7-2,8(3)4)11-9(5)10/h8H,5-7H2,1-4H3. The van der Waals surface area contributed by atoms with Gasteiger partial charge in [0.2, 0.25) is 0 Å². The van der Waals surface area contributed by atoms with Gasteiger partial charge in [-0.15, -0.1) is 0 Å². The molecule has 0 aromatic rings. The Kier molecular flexibility index (Phi) is 4.53. The van der Waals surface area contributed by atoms with Crippen molar-refractivity contribution >= 4 is 14.3 Å². The Morgan fingerprint density at radius 3 is 1.92 bits per heavy atom. The third-order valence-electron chi connectivity index (χ3n) is 2.57. The molecule has 0 aromatic carbocycles. The third-order valence-corrected chi connectivity index (χ3v) is 7.70. The second-order valence-corrected chi connectivity index (χ2v) is 8.30. The van der Waals surface area contributed by atoms with Gasteiger partial charge < -0.3 is 4.43 Å². The fourth-order valence-electron chi connectivity index (χ4n) is 1.56. The van der Waals surface area contributed by atoms with Crippen molar-refractivity contribution in [2.24, 2.45) is 0 Å². The Labute approximate surface area is 76.4 Å².